The van der Waals surface area contributed by atoms with Crippen molar-refractivity contribution in [3.63, 3.8) is 0 Å². The minimum absolute atomic E-state index is 0.578. The van der Waals surface area contributed by atoms with E-state index in [9.17, 15) is 0 Å². The van der Waals surface area contributed by atoms with Crippen LogP contribution in [-0.2, 0) is 0 Å². The summed E-state index contributed by atoms with van der Waals surface area (Å²) < 4.78 is 0. The van der Waals surface area contributed by atoms with Crippen molar-refractivity contribution in [2.24, 2.45) is 23.2 Å². The van der Waals surface area contributed by atoms with E-state index < -0.39 is 0 Å². The summed E-state index contributed by atoms with van der Waals surface area (Å²) in [5, 5.41) is 3.70. The van der Waals surface area contributed by atoms with Crippen molar-refractivity contribution in [2.75, 3.05) is 13.1 Å². The summed E-state index contributed by atoms with van der Waals surface area (Å²) >= 11 is 0. The predicted octanol–water partition coefficient (Wildman–Crippen LogP) is 6.04. The third-order valence-electron chi connectivity index (χ3n) is 5.69. The molecule has 1 rings (SSSR count). The highest BCUT2D eigenvalue weighted by Crippen LogP contribution is 2.44. The number of hydrogen-bond donors (Lipinski definition) is 1. The van der Waals surface area contributed by atoms with Gasteiger partial charge in [-0.3, -0.25) is 0 Å². The highest BCUT2D eigenvalue weighted by atomic mass is 14.9. The second-order valence-corrected chi connectivity index (χ2v) is 8.28. The van der Waals surface area contributed by atoms with Crippen molar-refractivity contribution in [1.29, 1.82) is 0 Å². The monoisotopic (exact) mass is 295 g/mol. The average Bonchev–Trinajstić information content (AvgIpc) is 2.45. The van der Waals surface area contributed by atoms with Gasteiger partial charge in [-0.15, -0.1) is 0 Å². The standard InChI is InChI=1S/C20H41N/c1-6-9-10-17(8-3)14-19-15-20(4,5)12-11-18(19)16-21-13-7-2/h17-19,21H,6-16H2,1-5H3. The number of unbranched alkanes of at least 4 members (excludes halogenated alkanes) is 1. The molecule has 0 saturated heterocycles. The Hall–Kier alpha value is -0.0400. The zero-order chi connectivity index (χ0) is 15.7. The molecule has 126 valence electrons. The van der Waals surface area contributed by atoms with Crippen molar-refractivity contribution in [2.45, 2.75) is 92.4 Å². The van der Waals surface area contributed by atoms with Gasteiger partial charge >= 0.3 is 0 Å². The minimum Gasteiger partial charge on any atom is -0.316 e. The van der Waals surface area contributed by atoms with E-state index in [1.807, 2.05) is 0 Å². The van der Waals surface area contributed by atoms with Gasteiger partial charge in [0.1, 0.15) is 0 Å². The average molecular weight is 296 g/mol. The normalized spacial score (nSPS) is 26.7. The second kappa shape index (κ2) is 9.87. The van der Waals surface area contributed by atoms with E-state index in [4.69, 9.17) is 0 Å². The summed E-state index contributed by atoms with van der Waals surface area (Å²) in [6.07, 6.45) is 12.7. The molecule has 1 heteroatoms. The number of hydrogen-bond acceptors (Lipinski definition) is 1. The third-order valence-corrected chi connectivity index (χ3v) is 5.69. The van der Waals surface area contributed by atoms with Crippen molar-refractivity contribution >= 4 is 0 Å². The van der Waals surface area contributed by atoms with Crippen LogP contribution in [-0.4, -0.2) is 13.1 Å². The summed E-state index contributed by atoms with van der Waals surface area (Å²) in [5.74, 6) is 2.86. The van der Waals surface area contributed by atoms with Gasteiger partial charge < -0.3 is 5.32 Å². The van der Waals surface area contributed by atoms with Crippen LogP contribution >= 0.6 is 0 Å². The molecule has 0 bridgehead atoms. The van der Waals surface area contributed by atoms with Gasteiger partial charge in [-0.25, -0.2) is 0 Å². The molecule has 1 saturated carbocycles. The summed E-state index contributed by atoms with van der Waals surface area (Å²) in [6, 6.07) is 0. The lowest BCUT2D eigenvalue weighted by Crippen LogP contribution is -2.37. The molecule has 1 N–H and O–H groups in total. The van der Waals surface area contributed by atoms with Gasteiger partial charge in [0.25, 0.3) is 0 Å². The van der Waals surface area contributed by atoms with Crippen LogP contribution in [0.4, 0.5) is 0 Å². The van der Waals surface area contributed by atoms with E-state index in [0.717, 1.165) is 17.8 Å². The molecule has 3 atom stereocenters. The fraction of sp³-hybridized carbons (Fsp3) is 1.00. The van der Waals surface area contributed by atoms with Gasteiger partial charge in [-0.1, -0.05) is 60.3 Å². The zero-order valence-electron chi connectivity index (χ0n) is 15.5. The van der Waals surface area contributed by atoms with Gasteiger partial charge in [0.05, 0.1) is 0 Å². The molecule has 0 amide bonds. The molecule has 1 aliphatic carbocycles. The summed E-state index contributed by atoms with van der Waals surface area (Å²) in [4.78, 5) is 0. The Morgan fingerprint density at radius 2 is 1.86 bits per heavy atom. The van der Waals surface area contributed by atoms with Crippen LogP contribution in [0.5, 0.6) is 0 Å². The van der Waals surface area contributed by atoms with Gasteiger partial charge in [0, 0.05) is 0 Å². The van der Waals surface area contributed by atoms with Crippen LogP contribution in [0.15, 0.2) is 0 Å². The first-order valence-electron chi connectivity index (χ1n) is 9.73. The summed E-state index contributed by atoms with van der Waals surface area (Å²) in [5.41, 5.74) is 0.578. The quantitative estimate of drug-likeness (QED) is 0.485. The Morgan fingerprint density at radius 3 is 2.48 bits per heavy atom. The van der Waals surface area contributed by atoms with Gasteiger partial charge in [-0.05, 0) is 68.4 Å². The first kappa shape index (κ1) is 19.0. The van der Waals surface area contributed by atoms with Crippen LogP contribution in [0.1, 0.15) is 92.4 Å². The van der Waals surface area contributed by atoms with Crippen molar-refractivity contribution in [3.8, 4) is 0 Å². The second-order valence-electron chi connectivity index (χ2n) is 8.28. The van der Waals surface area contributed by atoms with E-state index >= 15 is 0 Å². The Kier molecular flexibility index (Phi) is 8.94. The molecule has 0 aromatic carbocycles. The molecule has 21 heavy (non-hydrogen) atoms. The summed E-state index contributed by atoms with van der Waals surface area (Å²) in [7, 11) is 0. The maximum absolute atomic E-state index is 3.70. The molecule has 0 radical (unpaired) electrons. The smallest absolute Gasteiger partial charge is 0.00179 e. The lowest BCUT2D eigenvalue weighted by Gasteiger charge is -2.42. The van der Waals surface area contributed by atoms with Crippen molar-refractivity contribution in [1.82, 2.24) is 5.32 Å². The van der Waals surface area contributed by atoms with Crippen LogP contribution in [0, 0.1) is 23.2 Å². The first-order chi connectivity index (χ1) is 10.0. The predicted molar refractivity (Wildman–Crippen MR) is 95.7 cm³/mol. The molecule has 0 aromatic heterocycles. The Bertz CT molecular complexity index is 259. The molecule has 0 aliphatic heterocycles. The maximum Gasteiger partial charge on any atom is -0.00179 e. The highest BCUT2D eigenvalue weighted by Gasteiger charge is 2.35. The van der Waals surface area contributed by atoms with E-state index in [1.54, 1.807) is 0 Å². The maximum atomic E-state index is 3.70. The van der Waals surface area contributed by atoms with Gasteiger partial charge in [0.15, 0.2) is 0 Å². The van der Waals surface area contributed by atoms with Gasteiger partial charge in [0.2, 0.25) is 0 Å². The fourth-order valence-corrected chi connectivity index (χ4v) is 4.21. The molecule has 1 fully saturated rings. The topological polar surface area (TPSA) is 12.0 Å². The molecule has 1 aliphatic rings. The molecule has 0 heterocycles. The van der Waals surface area contributed by atoms with Crippen LogP contribution in [0.2, 0.25) is 0 Å². The van der Waals surface area contributed by atoms with Crippen LogP contribution in [0.3, 0.4) is 0 Å². The van der Waals surface area contributed by atoms with Crippen molar-refractivity contribution < 1.29 is 0 Å². The Morgan fingerprint density at radius 1 is 1.10 bits per heavy atom. The number of nitrogens with one attached hydrogen (secondary N) is 1. The fourth-order valence-electron chi connectivity index (χ4n) is 4.21. The minimum atomic E-state index is 0.578. The largest absolute Gasteiger partial charge is 0.316 e. The molecule has 0 spiro atoms. The third kappa shape index (κ3) is 7.17. The molecule has 3 unspecified atom stereocenters. The van der Waals surface area contributed by atoms with Crippen LogP contribution < -0.4 is 5.32 Å². The van der Waals surface area contributed by atoms with E-state index in [1.165, 1.54) is 70.9 Å². The number of rotatable bonds is 10. The molecule has 1 nitrogen and oxygen atoms in total. The summed E-state index contributed by atoms with van der Waals surface area (Å²) in [6.45, 7) is 14.4. The SMILES string of the molecule is CCCCC(CC)CC1CC(C)(C)CCC1CNCCC. The highest BCUT2D eigenvalue weighted by molar-refractivity contribution is 4.87. The van der Waals surface area contributed by atoms with Crippen LogP contribution in [0.25, 0.3) is 0 Å². The first-order valence-corrected chi connectivity index (χ1v) is 9.73. The Labute approximate surface area is 134 Å². The zero-order valence-corrected chi connectivity index (χ0v) is 15.5. The lowest BCUT2D eigenvalue weighted by atomic mass is 9.64. The van der Waals surface area contributed by atoms with E-state index in [0.29, 0.717) is 5.41 Å². The van der Waals surface area contributed by atoms with E-state index in [-0.39, 0.29) is 0 Å². The lowest BCUT2D eigenvalue weighted by molar-refractivity contribution is 0.0944. The Balaban J connectivity index is 2.55. The van der Waals surface area contributed by atoms with Crippen molar-refractivity contribution in [3.05, 3.63) is 0 Å². The molecular formula is C20H41N. The molecular weight excluding hydrogens is 254 g/mol. The van der Waals surface area contributed by atoms with E-state index in [2.05, 4.69) is 39.9 Å². The molecule has 0 aromatic rings. The van der Waals surface area contributed by atoms with Gasteiger partial charge in [-0.2, -0.15) is 0 Å².